The molecule has 0 radical (unpaired) electrons. The molecule has 1 unspecified atom stereocenters. The summed E-state index contributed by atoms with van der Waals surface area (Å²) >= 11 is 12.7. The van der Waals surface area contributed by atoms with Gasteiger partial charge in [-0.15, -0.1) is 0 Å². The fourth-order valence-electron chi connectivity index (χ4n) is 3.12. The summed E-state index contributed by atoms with van der Waals surface area (Å²) in [7, 11) is 0. The molecule has 1 N–H and O–H groups in total. The second kappa shape index (κ2) is 8.69. The van der Waals surface area contributed by atoms with Gasteiger partial charge in [0.1, 0.15) is 5.02 Å². The maximum atomic E-state index is 12.7. The number of amides is 1. The Morgan fingerprint density at radius 3 is 2.63 bits per heavy atom. The van der Waals surface area contributed by atoms with Gasteiger partial charge in [0.05, 0.1) is 6.04 Å². The van der Waals surface area contributed by atoms with Crippen LogP contribution in [0.4, 0.5) is 0 Å². The zero-order valence-electron chi connectivity index (χ0n) is 15.2. The molecule has 3 aromatic rings. The third-order valence-corrected chi connectivity index (χ3v) is 5.22. The van der Waals surface area contributed by atoms with Crippen molar-refractivity contribution in [3.05, 3.63) is 64.0 Å². The second-order valence-corrected chi connectivity index (χ2v) is 6.80. The molecule has 0 fully saturated rings. The highest BCUT2D eigenvalue weighted by atomic mass is 35.5. The van der Waals surface area contributed by atoms with Gasteiger partial charge in [-0.05, 0) is 30.8 Å². The number of hydrogen-bond acceptors (Lipinski definition) is 4. The van der Waals surface area contributed by atoms with Crippen LogP contribution in [0, 0.1) is 0 Å². The van der Waals surface area contributed by atoms with Crippen LogP contribution in [0.1, 0.15) is 35.9 Å². The minimum absolute atomic E-state index is 0.0495. The van der Waals surface area contributed by atoms with Crippen LogP contribution in [-0.2, 0) is 0 Å². The predicted octanol–water partition coefficient (Wildman–Crippen LogP) is 3.85. The molecule has 3 rings (SSSR count). The average molecular weight is 406 g/mol. The summed E-state index contributed by atoms with van der Waals surface area (Å²) in [6.45, 7) is 6.23. The van der Waals surface area contributed by atoms with Crippen molar-refractivity contribution in [1.29, 1.82) is 0 Å². The molecule has 1 atom stereocenters. The lowest BCUT2D eigenvalue weighted by Gasteiger charge is -2.30. The van der Waals surface area contributed by atoms with E-state index >= 15 is 0 Å². The molecule has 1 amide bonds. The summed E-state index contributed by atoms with van der Waals surface area (Å²) in [4.78, 5) is 19.1. The first kappa shape index (κ1) is 19.6. The number of hydrogen-bond donors (Lipinski definition) is 1. The van der Waals surface area contributed by atoms with E-state index in [0.717, 1.165) is 18.7 Å². The smallest absolute Gasteiger partial charge is 0.273 e. The molecule has 0 aliphatic heterocycles. The lowest BCUT2D eigenvalue weighted by molar-refractivity contribution is 0.0930. The Bertz CT molecular complexity index is 939. The van der Waals surface area contributed by atoms with Gasteiger partial charge in [0.25, 0.3) is 5.91 Å². The lowest BCUT2D eigenvalue weighted by Crippen LogP contribution is -2.38. The number of carbonyl (C=O) groups is 1. The Labute approximate surface area is 168 Å². The van der Waals surface area contributed by atoms with Gasteiger partial charge in [-0.3, -0.25) is 9.69 Å². The van der Waals surface area contributed by atoms with Crippen LogP contribution in [0.25, 0.3) is 5.65 Å². The van der Waals surface area contributed by atoms with E-state index in [0.29, 0.717) is 17.2 Å². The van der Waals surface area contributed by atoms with Crippen LogP contribution in [0.3, 0.4) is 0 Å². The molecule has 0 saturated carbocycles. The summed E-state index contributed by atoms with van der Waals surface area (Å²) < 4.78 is 1.49. The number of halogens is 2. The number of fused-ring (bicyclic) bond motifs is 1. The maximum Gasteiger partial charge on any atom is 0.273 e. The number of benzene rings is 1. The Kier molecular flexibility index (Phi) is 6.31. The van der Waals surface area contributed by atoms with Gasteiger partial charge in [-0.25, -0.2) is 9.50 Å². The van der Waals surface area contributed by atoms with Gasteiger partial charge in [0.2, 0.25) is 0 Å². The molecule has 1 aromatic carbocycles. The van der Waals surface area contributed by atoms with E-state index in [1.807, 2.05) is 24.3 Å². The molecule has 142 valence electrons. The Hall–Kier alpha value is -2.15. The predicted molar refractivity (Wildman–Crippen MR) is 107 cm³/mol. The molecular formula is C19H21Cl2N5O. The maximum absolute atomic E-state index is 12.7. The molecule has 6 nitrogen and oxygen atoms in total. The monoisotopic (exact) mass is 405 g/mol. The lowest BCUT2D eigenvalue weighted by atomic mass is 10.0. The summed E-state index contributed by atoms with van der Waals surface area (Å²) in [6.07, 6.45) is 3.31. The molecule has 2 heterocycles. The average Bonchev–Trinajstić information content (AvgIpc) is 3.03. The van der Waals surface area contributed by atoms with Crippen molar-refractivity contribution in [2.75, 3.05) is 19.6 Å². The van der Waals surface area contributed by atoms with E-state index < -0.39 is 0 Å². The highest BCUT2D eigenvalue weighted by Gasteiger charge is 2.23. The van der Waals surface area contributed by atoms with Crippen molar-refractivity contribution >= 4 is 34.8 Å². The van der Waals surface area contributed by atoms with E-state index in [4.69, 9.17) is 23.2 Å². The Morgan fingerprint density at radius 2 is 1.96 bits per heavy atom. The SMILES string of the molecule is CCN(CC)C(CNC(=O)c1nn2cccnc2c1Cl)c1ccccc1Cl. The Balaban J connectivity index is 1.83. The molecular weight excluding hydrogens is 385 g/mol. The van der Waals surface area contributed by atoms with E-state index in [-0.39, 0.29) is 22.7 Å². The van der Waals surface area contributed by atoms with E-state index in [9.17, 15) is 4.79 Å². The largest absolute Gasteiger partial charge is 0.349 e. The molecule has 27 heavy (non-hydrogen) atoms. The third kappa shape index (κ3) is 4.08. The minimum atomic E-state index is -0.338. The van der Waals surface area contributed by atoms with Crippen LogP contribution in [-0.4, -0.2) is 45.0 Å². The highest BCUT2D eigenvalue weighted by molar-refractivity contribution is 6.36. The number of aromatic nitrogens is 3. The van der Waals surface area contributed by atoms with Gasteiger partial charge < -0.3 is 5.32 Å². The summed E-state index contributed by atoms with van der Waals surface area (Å²) in [5, 5.41) is 8.10. The first-order valence-electron chi connectivity index (χ1n) is 8.82. The number of likely N-dealkylation sites (N-methyl/N-ethyl adjacent to an activating group) is 1. The van der Waals surface area contributed by atoms with Gasteiger partial charge in [0, 0.05) is 24.0 Å². The zero-order valence-corrected chi connectivity index (χ0v) is 16.7. The van der Waals surface area contributed by atoms with Crippen LogP contribution in [0.5, 0.6) is 0 Å². The van der Waals surface area contributed by atoms with Crippen molar-refractivity contribution in [3.63, 3.8) is 0 Å². The van der Waals surface area contributed by atoms with E-state index in [2.05, 4.69) is 34.1 Å². The summed E-state index contributed by atoms with van der Waals surface area (Å²) in [5.74, 6) is -0.338. The first-order valence-corrected chi connectivity index (χ1v) is 9.57. The van der Waals surface area contributed by atoms with Gasteiger partial charge in [-0.2, -0.15) is 5.10 Å². The number of nitrogens with zero attached hydrogens (tertiary/aromatic N) is 4. The first-order chi connectivity index (χ1) is 13.1. The second-order valence-electron chi connectivity index (χ2n) is 6.02. The number of rotatable bonds is 7. The molecule has 0 bridgehead atoms. The molecule has 8 heteroatoms. The van der Waals surface area contributed by atoms with Gasteiger partial charge in [-0.1, -0.05) is 55.2 Å². The molecule has 0 aliphatic rings. The van der Waals surface area contributed by atoms with Crippen molar-refractivity contribution in [2.45, 2.75) is 19.9 Å². The minimum Gasteiger partial charge on any atom is -0.349 e. The van der Waals surface area contributed by atoms with Crippen LogP contribution < -0.4 is 5.32 Å². The van der Waals surface area contributed by atoms with E-state index in [1.165, 1.54) is 4.52 Å². The Morgan fingerprint density at radius 1 is 1.22 bits per heavy atom. The third-order valence-electron chi connectivity index (χ3n) is 4.53. The molecule has 0 saturated heterocycles. The fourth-order valence-corrected chi connectivity index (χ4v) is 3.64. The van der Waals surface area contributed by atoms with Gasteiger partial charge >= 0.3 is 0 Å². The molecule has 0 aliphatic carbocycles. The van der Waals surface area contributed by atoms with Gasteiger partial charge in [0.15, 0.2) is 11.3 Å². The van der Waals surface area contributed by atoms with Crippen molar-refractivity contribution in [1.82, 2.24) is 24.8 Å². The van der Waals surface area contributed by atoms with Crippen LogP contribution in [0.2, 0.25) is 10.0 Å². The quantitative estimate of drug-likeness (QED) is 0.648. The van der Waals surface area contributed by atoms with Crippen molar-refractivity contribution in [2.24, 2.45) is 0 Å². The number of nitrogens with one attached hydrogen (secondary N) is 1. The standard InChI is InChI=1S/C19H21Cl2N5O/c1-3-25(4-2)15(13-8-5-6-9-14(13)20)12-23-19(27)17-16(21)18-22-10-7-11-26(18)24-17/h5-11,15H,3-4,12H2,1-2H3,(H,23,27). The van der Waals surface area contributed by atoms with Crippen molar-refractivity contribution in [3.8, 4) is 0 Å². The summed E-state index contributed by atoms with van der Waals surface area (Å²) in [5.41, 5.74) is 1.59. The normalized spacial score (nSPS) is 12.5. The topological polar surface area (TPSA) is 62.5 Å². The number of carbonyl (C=O) groups excluding carboxylic acids is 1. The van der Waals surface area contributed by atoms with Crippen LogP contribution >= 0.6 is 23.2 Å². The van der Waals surface area contributed by atoms with Crippen molar-refractivity contribution < 1.29 is 4.79 Å². The van der Waals surface area contributed by atoms with Crippen LogP contribution in [0.15, 0.2) is 42.7 Å². The van der Waals surface area contributed by atoms with E-state index in [1.54, 1.807) is 18.5 Å². The molecule has 2 aromatic heterocycles. The zero-order chi connectivity index (χ0) is 19.4. The molecule has 0 spiro atoms. The highest BCUT2D eigenvalue weighted by Crippen LogP contribution is 2.27. The summed E-state index contributed by atoms with van der Waals surface area (Å²) in [6, 6.07) is 9.37. The fraction of sp³-hybridized carbons (Fsp3) is 0.316.